The van der Waals surface area contributed by atoms with Crippen LogP contribution in [0.25, 0.3) is 0 Å². The molecule has 1 aromatic rings. The molecule has 1 saturated carbocycles. The van der Waals surface area contributed by atoms with Gasteiger partial charge in [-0.15, -0.1) is 0 Å². The lowest BCUT2D eigenvalue weighted by Gasteiger charge is -2.14. The molecule has 0 spiro atoms. The third-order valence-corrected chi connectivity index (χ3v) is 3.55. The molecule has 106 valence electrons. The van der Waals surface area contributed by atoms with E-state index in [9.17, 15) is 0 Å². The number of aryl methyl sites for hydroxylation is 2. The number of aromatic nitrogens is 2. The number of ether oxygens (including phenoxy) is 1. The monoisotopic (exact) mass is 263 g/mol. The lowest BCUT2D eigenvalue weighted by atomic mass is 10.0. The second kappa shape index (κ2) is 6.96. The van der Waals surface area contributed by atoms with Crippen molar-refractivity contribution >= 4 is 0 Å². The third kappa shape index (κ3) is 3.98. The summed E-state index contributed by atoms with van der Waals surface area (Å²) in [6, 6.07) is 0.767. The van der Waals surface area contributed by atoms with Crippen LogP contribution in [0.4, 0.5) is 0 Å². The molecule has 0 bridgehead atoms. The topological polar surface area (TPSA) is 47.0 Å². The molecule has 1 fully saturated rings. The Balaban J connectivity index is 2.12. The minimum Gasteiger partial charge on any atom is -0.377 e. The highest BCUT2D eigenvalue weighted by Crippen LogP contribution is 2.19. The molecule has 1 aliphatic carbocycles. The Labute approximate surface area is 116 Å². The van der Waals surface area contributed by atoms with Gasteiger partial charge in [-0.1, -0.05) is 13.8 Å². The molecular formula is C15H25N3O. The maximum absolute atomic E-state index is 5.15. The minimum atomic E-state index is 0.501. The second-order valence-electron chi connectivity index (χ2n) is 5.13. The predicted octanol–water partition coefficient (Wildman–Crippen LogP) is 2.04. The molecule has 0 radical (unpaired) electrons. The average Bonchev–Trinajstić information content (AvgIpc) is 3.24. The van der Waals surface area contributed by atoms with Gasteiger partial charge < -0.3 is 10.1 Å². The lowest BCUT2D eigenvalue weighted by Crippen LogP contribution is -2.21. The molecule has 0 aliphatic heterocycles. The van der Waals surface area contributed by atoms with Crippen molar-refractivity contribution in [3.63, 3.8) is 0 Å². The third-order valence-electron chi connectivity index (χ3n) is 3.55. The number of hydrogen-bond donors (Lipinski definition) is 1. The van der Waals surface area contributed by atoms with Crippen LogP contribution >= 0.6 is 0 Å². The van der Waals surface area contributed by atoms with Gasteiger partial charge in [0.1, 0.15) is 6.61 Å². The van der Waals surface area contributed by atoms with Crippen molar-refractivity contribution < 1.29 is 4.74 Å². The van der Waals surface area contributed by atoms with E-state index in [0.717, 1.165) is 37.7 Å². The van der Waals surface area contributed by atoms with Gasteiger partial charge in [0.05, 0.1) is 0 Å². The summed E-state index contributed by atoms with van der Waals surface area (Å²) in [7, 11) is 1.69. The fourth-order valence-corrected chi connectivity index (χ4v) is 2.39. The SMILES string of the molecule is CCc1nc(COC)nc(CC)c1CCNC1CC1. The van der Waals surface area contributed by atoms with Crippen LogP contribution < -0.4 is 5.32 Å². The van der Waals surface area contributed by atoms with E-state index >= 15 is 0 Å². The summed E-state index contributed by atoms with van der Waals surface area (Å²) >= 11 is 0. The van der Waals surface area contributed by atoms with E-state index in [1.807, 2.05) is 0 Å². The second-order valence-corrected chi connectivity index (χ2v) is 5.13. The Morgan fingerprint density at radius 2 is 1.79 bits per heavy atom. The van der Waals surface area contributed by atoms with Crippen LogP contribution in [0.5, 0.6) is 0 Å². The molecule has 4 nitrogen and oxygen atoms in total. The van der Waals surface area contributed by atoms with E-state index in [1.54, 1.807) is 7.11 Å². The van der Waals surface area contributed by atoms with E-state index < -0.39 is 0 Å². The van der Waals surface area contributed by atoms with E-state index in [0.29, 0.717) is 6.61 Å². The van der Waals surface area contributed by atoms with Crippen LogP contribution in [0.15, 0.2) is 0 Å². The molecule has 1 aliphatic rings. The van der Waals surface area contributed by atoms with E-state index in [4.69, 9.17) is 4.74 Å². The molecule has 19 heavy (non-hydrogen) atoms. The van der Waals surface area contributed by atoms with Crippen molar-refractivity contribution in [2.45, 2.75) is 58.6 Å². The summed E-state index contributed by atoms with van der Waals surface area (Å²) in [5, 5.41) is 3.57. The van der Waals surface area contributed by atoms with Gasteiger partial charge in [0.25, 0.3) is 0 Å². The Kier molecular flexibility index (Phi) is 5.28. The van der Waals surface area contributed by atoms with Gasteiger partial charge in [-0.25, -0.2) is 9.97 Å². The Bertz CT molecular complexity index is 391. The summed E-state index contributed by atoms with van der Waals surface area (Å²) in [4.78, 5) is 9.28. The van der Waals surface area contributed by atoms with Gasteiger partial charge in [0.15, 0.2) is 5.82 Å². The maximum atomic E-state index is 5.15. The molecule has 1 heterocycles. The van der Waals surface area contributed by atoms with Crippen molar-refractivity contribution in [2.75, 3.05) is 13.7 Å². The summed E-state index contributed by atoms with van der Waals surface area (Å²) in [5.74, 6) is 0.815. The van der Waals surface area contributed by atoms with Gasteiger partial charge in [0.2, 0.25) is 0 Å². The zero-order valence-electron chi connectivity index (χ0n) is 12.3. The number of nitrogens with one attached hydrogen (secondary N) is 1. The molecule has 4 heteroatoms. The first-order valence-electron chi connectivity index (χ1n) is 7.38. The quantitative estimate of drug-likeness (QED) is 0.779. The van der Waals surface area contributed by atoms with Crippen LogP contribution in [-0.4, -0.2) is 29.7 Å². The summed E-state index contributed by atoms with van der Waals surface area (Å²) in [6.07, 6.45) is 5.64. The first kappa shape index (κ1) is 14.4. The van der Waals surface area contributed by atoms with Gasteiger partial charge in [-0.05, 0) is 44.2 Å². The zero-order valence-corrected chi connectivity index (χ0v) is 12.3. The highest BCUT2D eigenvalue weighted by molar-refractivity contribution is 5.27. The summed E-state index contributed by atoms with van der Waals surface area (Å²) in [6.45, 7) is 5.87. The number of methoxy groups -OCH3 is 1. The fraction of sp³-hybridized carbons (Fsp3) is 0.733. The van der Waals surface area contributed by atoms with E-state index in [1.165, 1.54) is 29.8 Å². The zero-order chi connectivity index (χ0) is 13.7. The van der Waals surface area contributed by atoms with Crippen LogP contribution in [0.3, 0.4) is 0 Å². The number of hydrogen-bond acceptors (Lipinski definition) is 4. The lowest BCUT2D eigenvalue weighted by molar-refractivity contribution is 0.177. The largest absolute Gasteiger partial charge is 0.377 e. The van der Waals surface area contributed by atoms with Crippen molar-refractivity contribution in [3.05, 3.63) is 22.8 Å². The van der Waals surface area contributed by atoms with Crippen molar-refractivity contribution in [1.82, 2.24) is 15.3 Å². The highest BCUT2D eigenvalue weighted by atomic mass is 16.5. The summed E-state index contributed by atoms with van der Waals surface area (Å²) in [5.41, 5.74) is 3.73. The Morgan fingerprint density at radius 1 is 1.16 bits per heavy atom. The summed E-state index contributed by atoms with van der Waals surface area (Å²) < 4.78 is 5.15. The van der Waals surface area contributed by atoms with Gasteiger partial charge in [-0.3, -0.25) is 0 Å². The fourth-order valence-electron chi connectivity index (χ4n) is 2.39. The number of nitrogens with zero attached hydrogens (tertiary/aromatic N) is 2. The molecule has 0 unspecified atom stereocenters. The van der Waals surface area contributed by atoms with Gasteiger partial charge >= 0.3 is 0 Å². The van der Waals surface area contributed by atoms with E-state index in [2.05, 4.69) is 29.1 Å². The standard InChI is InChI=1S/C15H25N3O/c1-4-13-12(8-9-16-11-6-7-11)14(5-2)18-15(17-13)10-19-3/h11,16H,4-10H2,1-3H3. The molecular weight excluding hydrogens is 238 g/mol. The highest BCUT2D eigenvalue weighted by Gasteiger charge is 2.20. The molecule has 2 rings (SSSR count). The Hall–Kier alpha value is -1.00. The molecule has 0 amide bonds. The minimum absolute atomic E-state index is 0.501. The van der Waals surface area contributed by atoms with Gasteiger partial charge in [0, 0.05) is 24.5 Å². The molecule has 0 aromatic carbocycles. The normalized spacial score (nSPS) is 14.9. The van der Waals surface area contributed by atoms with Gasteiger partial charge in [-0.2, -0.15) is 0 Å². The number of rotatable bonds is 8. The van der Waals surface area contributed by atoms with Crippen molar-refractivity contribution in [2.24, 2.45) is 0 Å². The van der Waals surface area contributed by atoms with Crippen LogP contribution in [0, 0.1) is 0 Å². The molecule has 0 saturated heterocycles. The average molecular weight is 263 g/mol. The maximum Gasteiger partial charge on any atom is 0.154 e. The molecule has 1 aromatic heterocycles. The van der Waals surface area contributed by atoms with Crippen LogP contribution in [-0.2, 0) is 30.6 Å². The smallest absolute Gasteiger partial charge is 0.154 e. The van der Waals surface area contributed by atoms with E-state index in [-0.39, 0.29) is 0 Å². The molecule has 1 N–H and O–H groups in total. The first-order chi connectivity index (χ1) is 9.28. The predicted molar refractivity (Wildman–Crippen MR) is 76.2 cm³/mol. The molecule has 0 atom stereocenters. The van der Waals surface area contributed by atoms with Crippen molar-refractivity contribution in [3.8, 4) is 0 Å². The van der Waals surface area contributed by atoms with Crippen LogP contribution in [0.1, 0.15) is 49.5 Å². The van der Waals surface area contributed by atoms with Crippen LogP contribution in [0.2, 0.25) is 0 Å². The van der Waals surface area contributed by atoms with Crippen molar-refractivity contribution in [1.29, 1.82) is 0 Å². The first-order valence-corrected chi connectivity index (χ1v) is 7.38. The Morgan fingerprint density at radius 3 is 2.26 bits per heavy atom.